The van der Waals surface area contributed by atoms with E-state index in [4.69, 9.17) is 4.74 Å². The largest absolute Gasteiger partial charge is 0.377 e. The molecular weight excluding hydrogens is 160 g/mol. The zero-order valence-electron chi connectivity index (χ0n) is 10.4. The molecule has 13 heavy (non-hydrogen) atoms. The third-order valence-electron chi connectivity index (χ3n) is 3.85. The van der Waals surface area contributed by atoms with Crippen LogP contribution in [0.15, 0.2) is 0 Å². The van der Waals surface area contributed by atoms with Crippen LogP contribution in [0, 0.1) is 11.3 Å². The molecule has 0 aliphatic heterocycles. The molecular formula is C12H26O. The molecule has 0 spiro atoms. The quantitative estimate of drug-likeness (QED) is 0.633. The Balaban J connectivity index is 4.97. The number of hydrogen-bond acceptors (Lipinski definition) is 1. The van der Waals surface area contributed by atoms with Gasteiger partial charge >= 0.3 is 0 Å². The van der Waals surface area contributed by atoms with E-state index in [0.717, 1.165) is 12.8 Å². The predicted molar refractivity (Wildman–Crippen MR) is 58.9 cm³/mol. The lowest BCUT2D eigenvalue weighted by atomic mass is 9.66. The van der Waals surface area contributed by atoms with Gasteiger partial charge in [-0.3, -0.25) is 0 Å². The van der Waals surface area contributed by atoms with Crippen LogP contribution in [0.4, 0.5) is 0 Å². The van der Waals surface area contributed by atoms with E-state index in [1.54, 1.807) is 0 Å². The van der Waals surface area contributed by atoms with Crippen LogP contribution in [0.25, 0.3) is 0 Å². The molecule has 1 atom stereocenters. The fourth-order valence-corrected chi connectivity index (χ4v) is 2.62. The summed E-state index contributed by atoms with van der Waals surface area (Å²) in [5, 5.41) is 0. The van der Waals surface area contributed by atoms with Gasteiger partial charge in [-0.25, -0.2) is 0 Å². The summed E-state index contributed by atoms with van der Waals surface area (Å²) >= 11 is 0. The first-order valence-corrected chi connectivity index (χ1v) is 5.43. The molecule has 0 aromatic carbocycles. The van der Waals surface area contributed by atoms with E-state index in [2.05, 4.69) is 41.5 Å². The van der Waals surface area contributed by atoms with Crippen molar-refractivity contribution in [1.82, 2.24) is 0 Å². The molecule has 0 saturated carbocycles. The molecule has 0 fully saturated rings. The molecule has 0 aliphatic rings. The summed E-state index contributed by atoms with van der Waals surface area (Å²) in [5.41, 5.74) is 0.284. The van der Waals surface area contributed by atoms with E-state index < -0.39 is 0 Å². The lowest BCUT2D eigenvalue weighted by molar-refractivity contribution is -0.135. The summed E-state index contributed by atoms with van der Waals surface area (Å²) in [4.78, 5) is 0. The normalized spacial score (nSPS) is 17.5. The zero-order valence-corrected chi connectivity index (χ0v) is 10.4. The summed E-state index contributed by atoms with van der Waals surface area (Å²) in [6, 6.07) is 0. The molecule has 0 N–H and O–H groups in total. The molecule has 80 valence electrons. The van der Waals surface area contributed by atoms with Gasteiger partial charge in [0.15, 0.2) is 0 Å². The van der Waals surface area contributed by atoms with Crippen molar-refractivity contribution in [3.05, 3.63) is 0 Å². The second-order valence-corrected chi connectivity index (χ2v) is 4.84. The van der Waals surface area contributed by atoms with Crippen molar-refractivity contribution in [3.8, 4) is 0 Å². The fourth-order valence-electron chi connectivity index (χ4n) is 2.62. The highest BCUT2D eigenvalue weighted by Crippen LogP contribution is 2.44. The van der Waals surface area contributed by atoms with Crippen LogP contribution in [0.2, 0.25) is 0 Å². The van der Waals surface area contributed by atoms with Crippen molar-refractivity contribution in [2.45, 2.75) is 60.0 Å². The van der Waals surface area contributed by atoms with Gasteiger partial charge in [-0.15, -0.1) is 0 Å². The van der Waals surface area contributed by atoms with E-state index >= 15 is 0 Å². The fraction of sp³-hybridized carbons (Fsp3) is 1.00. The lowest BCUT2D eigenvalue weighted by Gasteiger charge is -2.48. The Morgan fingerprint density at radius 3 is 1.62 bits per heavy atom. The van der Waals surface area contributed by atoms with Crippen molar-refractivity contribution in [2.75, 3.05) is 7.11 Å². The number of rotatable bonds is 5. The Kier molecular flexibility index (Phi) is 4.44. The maximum atomic E-state index is 5.80. The molecule has 0 aliphatic carbocycles. The maximum absolute atomic E-state index is 5.80. The molecule has 0 saturated heterocycles. The number of methoxy groups -OCH3 is 1. The molecule has 0 aromatic heterocycles. The molecule has 0 bridgehead atoms. The van der Waals surface area contributed by atoms with Gasteiger partial charge in [0.25, 0.3) is 0 Å². The second-order valence-electron chi connectivity index (χ2n) is 4.84. The van der Waals surface area contributed by atoms with Gasteiger partial charge in [-0.1, -0.05) is 41.5 Å². The monoisotopic (exact) mass is 186 g/mol. The minimum absolute atomic E-state index is 0.0295. The smallest absolute Gasteiger partial charge is 0.0749 e. The Hall–Kier alpha value is -0.0400. The van der Waals surface area contributed by atoms with Crippen molar-refractivity contribution >= 4 is 0 Å². The summed E-state index contributed by atoms with van der Waals surface area (Å²) in [7, 11) is 1.85. The van der Waals surface area contributed by atoms with E-state index in [1.807, 2.05) is 7.11 Å². The highest BCUT2D eigenvalue weighted by molar-refractivity contribution is 4.95. The van der Waals surface area contributed by atoms with Crippen LogP contribution in [-0.4, -0.2) is 12.7 Å². The number of ether oxygens (including phenoxy) is 1. The Morgan fingerprint density at radius 1 is 1.08 bits per heavy atom. The van der Waals surface area contributed by atoms with Gasteiger partial charge in [0.2, 0.25) is 0 Å². The first kappa shape index (κ1) is 13.0. The van der Waals surface area contributed by atoms with Gasteiger partial charge in [-0.2, -0.15) is 0 Å². The van der Waals surface area contributed by atoms with Gasteiger partial charge < -0.3 is 4.74 Å². The maximum Gasteiger partial charge on any atom is 0.0749 e. The van der Waals surface area contributed by atoms with Crippen molar-refractivity contribution < 1.29 is 4.74 Å². The van der Waals surface area contributed by atoms with Gasteiger partial charge in [0, 0.05) is 7.11 Å². The van der Waals surface area contributed by atoms with E-state index in [9.17, 15) is 0 Å². The van der Waals surface area contributed by atoms with Crippen LogP contribution in [0.1, 0.15) is 54.4 Å². The van der Waals surface area contributed by atoms with Crippen LogP contribution >= 0.6 is 0 Å². The van der Waals surface area contributed by atoms with Crippen molar-refractivity contribution in [2.24, 2.45) is 11.3 Å². The van der Waals surface area contributed by atoms with Crippen molar-refractivity contribution in [3.63, 3.8) is 0 Å². The third-order valence-corrected chi connectivity index (χ3v) is 3.85. The molecule has 1 nitrogen and oxygen atoms in total. The third kappa shape index (κ3) is 2.07. The average molecular weight is 186 g/mol. The standard InChI is InChI=1S/C12H26O/c1-8-11(5,6)12(9-2,13-7)10(3)4/h10H,8-9H2,1-7H3. The lowest BCUT2D eigenvalue weighted by Crippen LogP contribution is -2.49. The first-order chi connectivity index (χ1) is 5.88. The van der Waals surface area contributed by atoms with Crippen LogP contribution < -0.4 is 0 Å². The molecule has 0 radical (unpaired) electrons. The zero-order chi connectivity index (χ0) is 10.7. The minimum Gasteiger partial charge on any atom is -0.377 e. The highest BCUT2D eigenvalue weighted by atomic mass is 16.5. The second kappa shape index (κ2) is 4.45. The SMILES string of the molecule is CCC(C)(C)C(CC)(OC)C(C)C. The Bertz CT molecular complexity index is 143. The Labute approximate surface area is 83.9 Å². The van der Waals surface area contributed by atoms with Crippen LogP contribution in [0.5, 0.6) is 0 Å². The van der Waals surface area contributed by atoms with Gasteiger partial charge in [0.1, 0.15) is 0 Å². The highest BCUT2D eigenvalue weighted by Gasteiger charge is 2.44. The first-order valence-electron chi connectivity index (χ1n) is 5.43. The summed E-state index contributed by atoms with van der Waals surface area (Å²) in [5.74, 6) is 0.567. The van der Waals surface area contributed by atoms with Gasteiger partial charge in [0.05, 0.1) is 5.60 Å². The molecule has 1 unspecified atom stereocenters. The average Bonchev–Trinajstić information content (AvgIpc) is 2.06. The molecule has 0 amide bonds. The topological polar surface area (TPSA) is 9.23 Å². The number of hydrogen-bond donors (Lipinski definition) is 0. The van der Waals surface area contributed by atoms with E-state index in [1.165, 1.54) is 0 Å². The molecule has 0 heterocycles. The van der Waals surface area contributed by atoms with Crippen molar-refractivity contribution in [1.29, 1.82) is 0 Å². The molecule has 1 heteroatoms. The molecule has 0 aromatic rings. The summed E-state index contributed by atoms with van der Waals surface area (Å²) in [6.07, 6.45) is 2.24. The minimum atomic E-state index is 0.0295. The van der Waals surface area contributed by atoms with Crippen LogP contribution in [0.3, 0.4) is 0 Å². The van der Waals surface area contributed by atoms with E-state index in [0.29, 0.717) is 5.92 Å². The summed E-state index contributed by atoms with van der Waals surface area (Å²) in [6.45, 7) is 13.6. The molecule has 0 rings (SSSR count). The summed E-state index contributed by atoms with van der Waals surface area (Å²) < 4.78 is 5.80. The van der Waals surface area contributed by atoms with E-state index in [-0.39, 0.29) is 11.0 Å². The predicted octanol–water partition coefficient (Wildman–Crippen LogP) is 3.87. The van der Waals surface area contributed by atoms with Crippen LogP contribution in [-0.2, 0) is 4.74 Å². The Morgan fingerprint density at radius 2 is 1.54 bits per heavy atom. The van der Waals surface area contributed by atoms with Gasteiger partial charge in [-0.05, 0) is 24.2 Å².